The Kier molecular flexibility index (Phi) is 3.62. The molecule has 2 N–H and O–H groups in total. The highest BCUT2D eigenvalue weighted by Crippen LogP contribution is 2.34. The molecule has 0 radical (unpaired) electrons. The van der Waals surface area contributed by atoms with Crippen molar-refractivity contribution in [1.29, 1.82) is 0 Å². The van der Waals surface area contributed by atoms with Gasteiger partial charge >= 0.3 is 0 Å². The van der Waals surface area contributed by atoms with Crippen LogP contribution in [0, 0.1) is 0 Å². The summed E-state index contributed by atoms with van der Waals surface area (Å²) in [5, 5.41) is 0. The molecule has 88 valence electrons. The van der Waals surface area contributed by atoms with Crippen molar-refractivity contribution in [1.82, 2.24) is 0 Å². The number of rotatable bonds is 4. The van der Waals surface area contributed by atoms with Crippen molar-refractivity contribution in [3.63, 3.8) is 0 Å². The van der Waals surface area contributed by atoms with Crippen LogP contribution in [0.5, 0.6) is 0 Å². The number of hydrogen-bond acceptors (Lipinski definition) is 2. The molecule has 0 aliphatic heterocycles. The minimum absolute atomic E-state index is 0.131. The molecule has 2 heteroatoms. The van der Waals surface area contributed by atoms with Gasteiger partial charge in [0.25, 0.3) is 0 Å². The van der Waals surface area contributed by atoms with Crippen molar-refractivity contribution in [2.24, 2.45) is 5.73 Å². The smallest absolute Gasteiger partial charge is 0.0626 e. The molecule has 0 aromatic heterocycles. The number of fused-ring (bicyclic) bond motifs is 1. The number of ether oxygens (including phenoxy) is 1. The van der Waals surface area contributed by atoms with Crippen LogP contribution < -0.4 is 5.73 Å². The summed E-state index contributed by atoms with van der Waals surface area (Å²) in [5.41, 5.74) is 9.12. The zero-order valence-corrected chi connectivity index (χ0v) is 10.1. The topological polar surface area (TPSA) is 35.2 Å². The summed E-state index contributed by atoms with van der Waals surface area (Å²) in [6, 6.07) is 8.77. The van der Waals surface area contributed by atoms with Crippen LogP contribution in [0.4, 0.5) is 0 Å². The molecule has 1 aliphatic rings. The normalized spacial score (nSPS) is 21.1. The first-order chi connectivity index (χ1) is 7.68. The molecule has 2 rings (SSSR count). The highest BCUT2D eigenvalue weighted by atomic mass is 16.5. The van der Waals surface area contributed by atoms with Gasteiger partial charge in [-0.25, -0.2) is 0 Å². The van der Waals surface area contributed by atoms with Crippen LogP contribution in [0.3, 0.4) is 0 Å². The molecule has 0 amide bonds. The molecular formula is C14H21NO. The van der Waals surface area contributed by atoms with E-state index in [1.165, 1.54) is 17.5 Å². The Morgan fingerprint density at radius 3 is 2.88 bits per heavy atom. The van der Waals surface area contributed by atoms with E-state index < -0.39 is 0 Å². The molecule has 1 aliphatic carbocycles. The largest absolute Gasteiger partial charge is 0.377 e. The molecule has 0 fully saturated rings. The fourth-order valence-corrected chi connectivity index (χ4v) is 2.45. The molecule has 16 heavy (non-hydrogen) atoms. The lowest BCUT2D eigenvalue weighted by Crippen LogP contribution is -2.33. The van der Waals surface area contributed by atoms with Gasteiger partial charge in [0.1, 0.15) is 0 Å². The number of aryl methyl sites for hydroxylation is 1. The highest BCUT2D eigenvalue weighted by molar-refractivity contribution is 5.35. The van der Waals surface area contributed by atoms with Crippen molar-refractivity contribution in [2.75, 3.05) is 6.61 Å². The molecule has 0 heterocycles. The van der Waals surface area contributed by atoms with Crippen LogP contribution in [0.1, 0.15) is 37.3 Å². The van der Waals surface area contributed by atoms with Crippen LogP contribution in [-0.4, -0.2) is 18.8 Å². The zero-order chi connectivity index (χ0) is 11.5. The van der Waals surface area contributed by atoms with Gasteiger partial charge in [-0.1, -0.05) is 24.3 Å². The van der Waals surface area contributed by atoms with Crippen molar-refractivity contribution >= 4 is 0 Å². The third-order valence-corrected chi connectivity index (χ3v) is 3.32. The predicted molar refractivity (Wildman–Crippen MR) is 66.6 cm³/mol. The van der Waals surface area contributed by atoms with Gasteiger partial charge in [0.05, 0.1) is 12.7 Å². The lowest BCUT2D eigenvalue weighted by atomic mass is 9.94. The second-order valence-corrected chi connectivity index (χ2v) is 4.89. The maximum Gasteiger partial charge on any atom is 0.0626 e. The van der Waals surface area contributed by atoms with Gasteiger partial charge in [-0.2, -0.15) is 0 Å². The first-order valence-electron chi connectivity index (χ1n) is 6.13. The van der Waals surface area contributed by atoms with Crippen molar-refractivity contribution in [3.05, 3.63) is 35.4 Å². The quantitative estimate of drug-likeness (QED) is 0.844. The average molecular weight is 219 g/mol. The molecule has 2 unspecified atom stereocenters. The Bertz CT molecular complexity index is 348. The SMILES string of the molecule is CC(C)OCC(N)C1CCc2ccccc21. The maximum atomic E-state index is 6.22. The lowest BCUT2D eigenvalue weighted by Gasteiger charge is -2.21. The van der Waals surface area contributed by atoms with Gasteiger partial charge in [0, 0.05) is 12.0 Å². The summed E-state index contributed by atoms with van der Waals surface area (Å²) in [7, 11) is 0. The Morgan fingerprint density at radius 1 is 1.38 bits per heavy atom. The van der Waals surface area contributed by atoms with E-state index in [1.807, 2.05) is 0 Å². The first kappa shape index (κ1) is 11.6. The standard InChI is InChI=1S/C14H21NO/c1-10(2)16-9-14(15)13-8-7-11-5-3-4-6-12(11)13/h3-6,10,13-14H,7-9,15H2,1-2H3. The van der Waals surface area contributed by atoms with Crippen LogP contribution in [0.15, 0.2) is 24.3 Å². The molecule has 0 saturated carbocycles. The van der Waals surface area contributed by atoms with E-state index in [4.69, 9.17) is 10.5 Å². The third-order valence-electron chi connectivity index (χ3n) is 3.32. The summed E-state index contributed by atoms with van der Waals surface area (Å²) in [5.74, 6) is 0.481. The van der Waals surface area contributed by atoms with Gasteiger partial charge < -0.3 is 10.5 Å². The second-order valence-electron chi connectivity index (χ2n) is 4.89. The first-order valence-corrected chi connectivity index (χ1v) is 6.13. The Morgan fingerprint density at radius 2 is 2.12 bits per heavy atom. The molecule has 0 spiro atoms. The summed E-state index contributed by atoms with van der Waals surface area (Å²) >= 11 is 0. The van der Waals surface area contributed by atoms with Gasteiger partial charge in [0.2, 0.25) is 0 Å². The average Bonchev–Trinajstić information content (AvgIpc) is 2.69. The summed E-state index contributed by atoms with van der Waals surface area (Å²) in [6.07, 6.45) is 2.60. The van der Waals surface area contributed by atoms with E-state index in [2.05, 4.69) is 38.1 Å². The van der Waals surface area contributed by atoms with Crippen molar-refractivity contribution < 1.29 is 4.74 Å². The Hall–Kier alpha value is -0.860. The molecule has 0 bridgehead atoms. The van der Waals surface area contributed by atoms with Crippen LogP contribution in [-0.2, 0) is 11.2 Å². The van der Waals surface area contributed by atoms with Crippen LogP contribution in [0.2, 0.25) is 0 Å². The molecule has 2 nitrogen and oxygen atoms in total. The Balaban J connectivity index is 2.01. The van der Waals surface area contributed by atoms with E-state index in [9.17, 15) is 0 Å². The van der Waals surface area contributed by atoms with E-state index in [0.717, 1.165) is 6.42 Å². The van der Waals surface area contributed by atoms with Crippen LogP contribution >= 0.6 is 0 Å². The molecule has 1 aromatic rings. The Labute approximate surface area is 97.8 Å². The zero-order valence-electron chi connectivity index (χ0n) is 10.1. The minimum atomic E-state index is 0.131. The fraction of sp³-hybridized carbons (Fsp3) is 0.571. The molecular weight excluding hydrogens is 198 g/mol. The molecule has 1 aromatic carbocycles. The molecule has 0 saturated heterocycles. The second kappa shape index (κ2) is 4.98. The highest BCUT2D eigenvalue weighted by Gasteiger charge is 2.27. The monoisotopic (exact) mass is 219 g/mol. The van der Waals surface area contributed by atoms with Crippen LogP contribution in [0.25, 0.3) is 0 Å². The fourth-order valence-electron chi connectivity index (χ4n) is 2.45. The van der Waals surface area contributed by atoms with E-state index in [0.29, 0.717) is 12.5 Å². The van der Waals surface area contributed by atoms with Gasteiger partial charge in [-0.3, -0.25) is 0 Å². The summed E-state index contributed by atoms with van der Waals surface area (Å²) in [6.45, 7) is 4.77. The van der Waals surface area contributed by atoms with Crippen molar-refractivity contribution in [3.8, 4) is 0 Å². The molecule has 2 atom stereocenters. The maximum absolute atomic E-state index is 6.22. The number of benzene rings is 1. The number of nitrogens with two attached hydrogens (primary N) is 1. The van der Waals surface area contributed by atoms with E-state index in [-0.39, 0.29) is 12.1 Å². The predicted octanol–water partition coefficient (Wildman–Crippen LogP) is 2.47. The minimum Gasteiger partial charge on any atom is -0.377 e. The third kappa shape index (κ3) is 2.45. The van der Waals surface area contributed by atoms with E-state index in [1.54, 1.807) is 0 Å². The summed E-state index contributed by atoms with van der Waals surface area (Å²) < 4.78 is 5.61. The lowest BCUT2D eigenvalue weighted by molar-refractivity contribution is 0.0635. The van der Waals surface area contributed by atoms with E-state index >= 15 is 0 Å². The van der Waals surface area contributed by atoms with Gasteiger partial charge in [-0.05, 0) is 37.8 Å². The number of hydrogen-bond donors (Lipinski definition) is 1. The van der Waals surface area contributed by atoms with Gasteiger partial charge in [-0.15, -0.1) is 0 Å². The van der Waals surface area contributed by atoms with Gasteiger partial charge in [0.15, 0.2) is 0 Å². The van der Waals surface area contributed by atoms with Crippen molar-refractivity contribution in [2.45, 2.75) is 44.8 Å². The summed E-state index contributed by atoms with van der Waals surface area (Å²) in [4.78, 5) is 0.